The number of nitrogens with one attached hydrogen (secondary N) is 1. The quantitative estimate of drug-likeness (QED) is 0.685. The molecule has 0 radical (unpaired) electrons. The van der Waals surface area contributed by atoms with Gasteiger partial charge in [0, 0.05) is 33.8 Å². The van der Waals surface area contributed by atoms with Gasteiger partial charge in [0.2, 0.25) is 0 Å². The third kappa shape index (κ3) is 4.03. The van der Waals surface area contributed by atoms with E-state index in [-0.39, 0.29) is 25.9 Å². The molecule has 0 unspecified atom stereocenters. The second-order valence-corrected chi connectivity index (χ2v) is 6.81. The second kappa shape index (κ2) is 7.77. The van der Waals surface area contributed by atoms with Crippen LogP contribution < -0.4 is 5.31 Å². The van der Waals surface area contributed by atoms with Gasteiger partial charge in [-0.3, -0.25) is 4.90 Å². The number of nitrogens with zero attached hydrogens (tertiary/aromatic N) is 4. The van der Waals surface area contributed by atoms with Crippen LogP contribution in [0.1, 0.15) is 39.0 Å². The van der Waals surface area contributed by atoms with E-state index >= 15 is 0 Å². The molecule has 1 N–H and O–H groups in total. The largest absolute Gasteiger partial charge is 0.367 e. The zero-order chi connectivity index (χ0) is 29.5. The molecular weight excluding hydrogens is 385 g/mol. The maximum Gasteiger partial charge on any atom is 0.162 e. The smallest absolute Gasteiger partial charge is 0.162 e. The Morgan fingerprint density at radius 2 is 2.33 bits per heavy atom. The Balaban J connectivity index is 1.84. The van der Waals surface area contributed by atoms with Gasteiger partial charge < -0.3 is 5.31 Å². The Kier molecular flexibility index (Phi) is 2.54. The molecule has 0 spiro atoms. The van der Waals surface area contributed by atoms with Crippen molar-refractivity contribution in [1.29, 1.82) is 5.26 Å². The number of nitriles is 1. The normalized spacial score (nSPS) is 27.6. The molecule has 0 atom stereocenters. The molecule has 0 bridgehead atoms. The standard InChI is InChI=1S/C19H17ClFN5S/c20-17-8-15-18(23-11-24-19(15)27-17)25-14-3-5-26(6-4-14)10-12-1-2-16(21)13(7-12)9-22/h1-2,7-8,11,14H,3-6,10H2,(H,23,24,25)/i1D,2D,3D2,4D2,7D,8D,10D2,14D/hD. The maximum atomic E-state index is 14.3. The second-order valence-electron chi connectivity index (χ2n) is 5.21. The lowest BCUT2D eigenvalue weighted by atomic mass is 10.0. The van der Waals surface area contributed by atoms with Crippen molar-refractivity contribution in [3.05, 3.63) is 51.8 Å². The number of likely N-dealkylation sites (tertiary alicyclic amines) is 1. The average Bonchev–Trinajstić information content (AvgIpc) is 3.13. The number of aromatic nitrogens is 2. The summed E-state index contributed by atoms with van der Waals surface area (Å²) in [6, 6.07) is -5.33. The van der Waals surface area contributed by atoms with Crippen LogP contribution in [0.3, 0.4) is 0 Å². The first-order valence-electron chi connectivity index (χ1n) is 13.4. The fourth-order valence-corrected chi connectivity index (χ4v) is 3.23. The minimum atomic E-state index is -3.09. The Morgan fingerprint density at radius 3 is 3.11 bits per heavy atom. The summed E-state index contributed by atoms with van der Waals surface area (Å²) in [4.78, 5) is 8.53. The maximum absolute atomic E-state index is 14.3. The first-order chi connectivity index (χ1) is 17.8. The van der Waals surface area contributed by atoms with Crippen LogP contribution in [0, 0.1) is 17.1 Å². The molecule has 1 aliphatic heterocycles. The lowest BCUT2D eigenvalue weighted by molar-refractivity contribution is 0.211. The van der Waals surface area contributed by atoms with Gasteiger partial charge in [0.1, 0.15) is 28.9 Å². The minimum Gasteiger partial charge on any atom is -0.367 e. The van der Waals surface area contributed by atoms with Crippen molar-refractivity contribution in [3.8, 4) is 6.07 Å². The molecule has 1 aromatic carbocycles. The Bertz CT molecular complexity index is 1530. The molecule has 0 amide bonds. The topological polar surface area (TPSA) is 64.8 Å². The van der Waals surface area contributed by atoms with Gasteiger partial charge in [-0.1, -0.05) is 17.6 Å². The summed E-state index contributed by atoms with van der Waals surface area (Å²) in [6.07, 6.45) is -5.14. The molecule has 4 rings (SSSR count). The molecule has 3 aromatic rings. The predicted octanol–water partition coefficient (Wildman–Crippen LogP) is 4.43. The average molecular weight is 414 g/mol. The fraction of sp³-hybridized carbons (Fsp3) is 0.316. The van der Waals surface area contributed by atoms with Crippen molar-refractivity contribution < 1.29 is 20.9 Å². The first-order valence-corrected chi connectivity index (χ1v) is 8.68. The number of hydrogen-bond acceptors (Lipinski definition) is 6. The highest BCUT2D eigenvalue weighted by Gasteiger charge is 2.21. The summed E-state index contributed by atoms with van der Waals surface area (Å²) in [5.41, 5.74) is -1.94. The van der Waals surface area contributed by atoms with E-state index in [4.69, 9.17) is 28.1 Å². The van der Waals surface area contributed by atoms with Crippen LogP contribution in [0.15, 0.2) is 30.5 Å². The van der Waals surface area contributed by atoms with Gasteiger partial charge in [-0.15, -0.1) is 11.3 Å². The van der Waals surface area contributed by atoms with Crippen molar-refractivity contribution in [3.63, 3.8) is 0 Å². The number of thiophene rings is 1. The van der Waals surface area contributed by atoms with E-state index in [1.807, 2.05) is 0 Å². The van der Waals surface area contributed by atoms with Gasteiger partial charge >= 0.3 is 0 Å². The predicted molar refractivity (Wildman–Crippen MR) is 105 cm³/mol. The zero-order valence-corrected chi connectivity index (χ0v) is 15.0. The van der Waals surface area contributed by atoms with Crippen molar-refractivity contribution >= 4 is 39.0 Å². The van der Waals surface area contributed by atoms with Crippen LogP contribution >= 0.6 is 22.9 Å². The first kappa shape index (κ1) is 8.82. The number of fused-ring (bicyclic) bond motifs is 1. The Hall–Kier alpha value is -2.27. The molecule has 2 aromatic heterocycles. The third-order valence-electron chi connectivity index (χ3n) is 3.44. The molecule has 0 saturated carbocycles. The third-order valence-corrected chi connectivity index (χ3v) is 4.55. The highest BCUT2D eigenvalue weighted by molar-refractivity contribution is 7.22. The summed E-state index contributed by atoms with van der Waals surface area (Å²) in [6.45, 7) is -5.19. The highest BCUT2D eigenvalue weighted by Crippen LogP contribution is 2.32. The van der Waals surface area contributed by atoms with E-state index in [9.17, 15) is 9.65 Å². The van der Waals surface area contributed by atoms with E-state index < -0.39 is 79.2 Å². The number of hydrogen-bond donors (Lipinski definition) is 1. The SMILES string of the molecule is [2H]c1c([2H])c(C([2H])([2H])N2CC([2H])([2H])C([2H])(N([2H])c3ncnc4sc(Cl)c([2H])c34)C([2H])([2H])C2)c([2H])c(C#N)c1F. The Morgan fingerprint density at radius 1 is 1.52 bits per heavy atom. The summed E-state index contributed by atoms with van der Waals surface area (Å²) in [5, 5.41) is 9.29. The van der Waals surface area contributed by atoms with Crippen molar-refractivity contribution in [2.24, 2.45) is 0 Å². The molecule has 0 aliphatic carbocycles. The number of benzene rings is 1. The van der Waals surface area contributed by atoms with E-state index in [0.29, 0.717) is 4.90 Å². The molecule has 138 valence electrons. The number of piperidine rings is 1. The summed E-state index contributed by atoms with van der Waals surface area (Å²) < 4.78 is 116. The highest BCUT2D eigenvalue weighted by atomic mass is 35.5. The van der Waals surface area contributed by atoms with Crippen molar-refractivity contribution in [1.82, 2.24) is 14.9 Å². The minimum absolute atomic E-state index is 0.0181. The van der Waals surface area contributed by atoms with E-state index in [2.05, 4.69) is 9.97 Å². The summed E-state index contributed by atoms with van der Waals surface area (Å²) in [7, 11) is 0. The van der Waals surface area contributed by atoms with Crippen LogP contribution in [0.4, 0.5) is 10.2 Å². The van der Waals surface area contributed by atoms with Gasteiger partial charge in [-0.25, -0.2) is 14.4 Å². The molecule has 1 fully saturated rings. The fourth-order valence-electron chi connectivity index (χ4n) is 2.25. The van der Waals surface area contributed by atoms with E-state index in [1.165, 1.54) is 6.07 Å². The van der Waals surface area contributed by atoms with Gasteiger partial charge in [-0.2, -0.15) is 5.26 Å². The number of rotatable bonds is 4. The Labute approximate surface area is 182 Å². The molecular formula is C19H17ClFN5S. The summed E-state index contributed by atoms with van der Waals surface area (Å²) >= 11 is 6.88. The monoisotopic (exact) mass is 413 g/mol. The molecule has 5 nitrogen and oxygen atoms in total. The lowest BCUT2D eigenvalue weighted by Crippen LogP contribution is -2.38. The van der Waals surface area contributed by atoms with Crippen LogP contribution in [0.25, 0.3) is 10.2 Å². The molecule has 3 heterocycles. The molecule has 1 aliphatic rings. The summed E-state index contributed by atoms with van der Waals surface area (Å²) in [5.74, 6) is -1.96. The zero-order valence-electron chi connectivity index (χ0n) is 25.4. The number of halogens is 2. The van der Waals surface area contributed by atoms with Crippen LogP contribution in [0.2, 0.25) is 5.75 Å². The molecule has 27 heavy (non-hydrogen) atoms. The molecule has 1 saturated heterocycles. The van der Waals surface area contributed by atoms with Gasteiger partial charge in [-0.05, 0) is 36.4 Å². The lowest BCUT2D eigenvalue weighted by Gasteiger charge is -2.32. The van der Waals surface area contributed by atoms with Gasteiger partial charge in [0.15, 0.2) is 1.41 Å². The van der Waals surface area contributed by atoms with Gasteiger partial charge in [0.05, 0.1) is 22.1 Å². The van der Waals surface area contributed by atoms with Crippen molar-refractivity contribution in [2.75, 3.05) is 18.4 Å². The van der Waals surface area contributed by atoms with Crippen LogP contribution in [0.5, 0.6) is 0 Å². The van der Waals surface area contributed by atoms with E-state index in [0.717, 1.165) is 17.7 Å². The number of anilines is 1. The van der Waals surface area contributed by atoms with Crippen LogP contribution in [-0.4, -0.2) is 34.0 Å². The molecule has 8 heteroatoms. The van der Waals surface area contributed by atoms with Gasteiger partial charge in [0.25, 0.3) is 0 Å². The van der Waals surface area contributed by atoms with Crippen LogP contribution in [-0.2, 0) is 6.50 Å². The van der Waals surface area contributed by atoms with Crippen molar-refractivity contribution in [2.45, 2.75) is 25.3 Å². The van der Waals surface area contributed by atoms with E-state index in [1.54, 1.807) is 0 Å².